The number of hydrogen-bond acceptors (Lipinski definition) is 7. The number of nitro benzene ring substituents is 1. The Labute approximate surface area is 172 Å². The lowest BCUT2D eigenvalue weighted by Gasteiger charge is -2.15. The van der Waals surface area contributed by atoms with Crippen LogP contribution in [0.3, 0.4) is 0 Å². The van der Waals surface area contributed by atoms with Gasteiger partial charge in [-0.1, -0.05) is 6.07 Å². The fourth-order valence-electron chi connectivity index (χ4n) is 2.95. The van der Waals surface area contributed by atoms with Crippen LogP contribution in [0.2, 0.25) is 0 Å². The number of ether oxygens (including phenoxy) is 1. The smallest absolute Gasteiger partial charge is 0.338 e. The average Bonchev–Trinajstić information content (AvgIpc) is 3.28. The molecule has 0 radical (unpaired) electrons. The second-order valence-electron chi connectivity index (χ2n) is 6.57. The van der Waals surface area contributed by atoms with Crippen LogP contribution in [0.4, 0.5) is 11.4 Å². The van der Waals surface area contributed by atoms with Crippen LogP contribution in [0.25, 0.3) is 0 Å². The second-order valence-corrected chi connectivity index (χ2v) is 8.51. The molecule has 0 bridgehead atoms. The molecule has 1 aliphatic rings. The van der Waals surface area contributed by atoms with Gasteiger partial charge in [-0.2, -0.15) is 4.31 Å². The monoisotopic (exact) mass is 433 g/mol. The number of non-ortho nitro benzene ring substituents is 1. The van der Waals surface area contributed by atoms with Gasteiger partial charge in [-0.15, -0.1) is 0 Å². The van der Waals surface area contributed by atoms with E-state index in [2.05, 4.69) is 5.32 Å². The molecule has 0 unspecified atom stereocenters. The number of carbonyl (C=O) groups is 2. The molecule has 0 atom stereocenters. The van der Waals surface area contributed by atoms with Crippen LogP contribution in [0, 0.1) is 10.1 Å². The zero-order valence-electron chi connectivity index (χ0n) is 15.8. The van der Waals surface area contributed by atoms with Gasteiger partial charge in [-0.25, -0.2) is 13.2 Å². The Bertz CT molecular complexity index is 1060. The van der Waals surface area contributed by atoms with Gasteiger partial charge in [0.1, 0.15) is 0 Å². The molecule has 30 heavy (non-hydrogen) atoms. The minimum absolute atomic E-state index is 0.0477. The van der Waals surface area contributed by atoms with Gasteiger partial charge in [-0.05, 0) is 43.2 Å². The molecule has 0 spiro atoms. The largest absolute Gasteiger partial charge is 0.452 e. The highest BCUT2D eigenvalue weighted by atomic mass is 32.2. The number of carbonyl (C=O) groups excluding carboxylic acids is 2. The number of benzene rings is 2. The van der Waals surface area contributed by atoms with Crippen molar-refractivity contribution < 1.29 is 27.7 Å². The third-order valence-electron chi connectivity index (χ3n) is 4.47. The number of nitro groups is 1. The van der Waals surface area contributed by atoms with Gasteiger partial charge in [-0.3, -0.25) is 14.9 Å². The summed E-state index contributed by atoms with van der Waals surface area (Å²) in [6.45, 7) is 0.392. The quantitative estimate of drug-likeness (QED) is 0.401. The topological polar surface area (TPSA) is 136 Å². The van der Waals surface area contributed by atoms with Gasteiger partial charge < -0.3 is 10.1 Å². The van der Waals surface area contributed by atoms with Gasteiger partial charge in [0.25, 0.3) is 11.6 Å². The first-order chi connectivity index (χ1) is 14.3. The van der Waals surface area contributed by atoms with E-state index in [4.69, 9.17) is 4.74 Å². The highest BCUT2D eigenvalue weighted by Gasteiger charge is 2.27. The third kappa shape index (κ3) is 4.99. The van der Waals surface area contributed by atoms with Gasteiger partial charge >= 0.3 is 5.97 Å². The van der Waals surface area contributed by atoms with Crippen molar-refractivity contribution in [3.05, 3.63) is 64.2 Å². The van der Waals surface area contributed by atoms with Crippen LogP contribution in [0.15, 0.2) is 53.4 Å². The van der Waals surface area contributed by atoms with E-state index in [0.29, 0.717) is 18.8 Å². The van der Waals surface area contributed by atoms with Gasteiger partial charge in [0, 0.05) is 30.9 Å². The predicted octanol–water partition coefficient (Wildman–Crippen LogP) is 2.17. The fraction of sp³-hybridized carbons (Fsp3) is 0.263. The van der Waals surface area contributed by atoms with Crippen molar-refractivity contribution in [3.8, 4) is 0 Å². The van der Waals surface area contributed by atoms with Crippen molar-refractivity contribution in [2.45, 2.75) is 17.7 Å². The van der Waals surface area contributed by atoms with Gasteiger partial charge in [0.15, 0.2) is 6.61 Å². The lowest BCUT2D eigenvalue weighted by Crippen LogP contribution is -2.27. The van der Waals surface area contributed by atoms with E-state index in [1.807, 2.05) is 0 Å². The Morgan fingerprint density at radius 3 is 2.40 bits per heavy atom. The molecule has 0 saturated carbocycles. The summed E-state index contributed by atoms with van der Waals surface area (Å²) in [6, 6.07) is 10.7. The van der Waals surface area contributed by atoms with E-state index in [9.17, 15) is 28.1 Å². The first-order valence-electron chi connectivity index (χ1n) is 9.09. The Morgan fingerprint density at radius 2 is 1.77 bits per heavy atom. The molecule has 1 fully saturated rings. The SMILES string of the molecule is O=C(COC(=O)c1cccc([N+](=O)[O-])c1)Nc1ccc(S(=O)(=O)N2CCCC2)cc1. The molecule has 2 aromatic carbocycles. The molecule has 1 heterocycles. The van der Waals surface area contributed by atoms with Crippen LogP contribution >= 0.6 is 0 Å². The first kappa shape index (κ1) is 21.4. The summed E-state index contributed by atoms with van der Waals surface area (Å²) in [5.74, 6) is -1.51. The van der Waals surface area contributed by atoms with E-state index in [1.54, 1.807) is 0 Å². The Hall–Kier alpha value is -3.31. The summed E-state index contributed by atoms with van der Waals surface area (Å²) in [7, 11) is -3.54. The maximum Gasteiger partial charge on any atom is 0.338 e. The zero-order valence-corrected chi connectivity index (χ0v) is 16.6. The van der Waals surface area contributed by atoms with Crippen molar-refractivity contribution >= 4 is 33.3 Å². The highest BCUT2D eigenvalue weighted by molar-refractivity contribution is 7.89. The number of esters is 1. The molecule has 11 heteroatoms. The molecule has 3 rings (SSSR count). The molecule has 0 aromatic heterocycles. The van der Waals surface area contributed by atoms with E-state index in [0.717, 1.165) is 18.9 Å². The van der Waals surface area contributed by atoms with Crippen molar-refractivity contribution in [3.63, 3.8) is 0 Å². The summed E-state index contributed by atoms with van der Waals surface area (Å²) >= 11 is 0. The third-order valence-corrected chi connectivity index (χ3v) is 6.38. The van der Waals surface area contributed by atoms with Crippen LogP contribution < -0.4 is 5.32 Å². The molecular weight excluding hydrogens is 414 g/mol. The molecule has 1 amide bonds. The number of rotatable bonds is 7. The minimum Gasteiger partial charge on any atom is -0.452 e. The summed E-state index contributed by atoms with van der Waals surface area (Å²) in [5.41, 5.74) is 0.0260. The molecule has 1 aliphatic heterocycles. The summed E-state index contributed by atoms with van der Waals surface area (Å²) < 4.78 is 31.3. The van der Waals surface area contributed by atoms with Crippen LogP contribution in [-0.2, 0) is 19.6 Å². The van der Waals surface area contributed by atoms with Gasteiger partial charge in [0.05, 0.1) is 15.4 Å². The Balaban J connectivity index is 1.55. The maximum absolute atomic E-state index is 12.5. The fourth-order valence-corrected chi connectivity index (χ4v) is 4.46. The van der Waals surface area contributed by atoms with Crippen LogP contribution in [0.5, 0.6) is 0 Å². The normalized spacial score (nSPS) is 14.3. The second kappa shape index (κ2) is 9.01. The minimum atomic E-state index is -3.54. The van der Waals surface area contributed by atoms with Crippen LogP contribution in [-0.4, -0.2) is 49.2 Å². The maximum atomic E-state index is 12.5. The summed E-state index contributed by atoms with van der Waals surface area (Å²) in [4.78, 5) is 34.2. The molecule has 10 nitrogen and oxygen atoms in total. The first-order valence-corrected chi connectivity index (χ1v) is 10.5. The molecular formula is C19H19N3O7S. The molecule has 1 saturated heterocycles. The Morgan fingerprint density at radius 1 is 1.10 bits per heavy atom. The summed E-state index contributed by atoms with van der Waals surface area (Å²) in [5, 5.41) is 13.2. The van der Waals surface area contributed by atoms with Crippen molar-refractivity contribution in [1.29, 1.82) is 0 Å². The number of sulfonamides is 1. The zero-order chi connectivity index (χ0) is 21.7. The number of nitrogens with zero attached hydrogens (tertiary/aromatic N) is 2. The molecule has 2 aromatic rings. The number of nitrogens with one attached hydrogen (secondary N) is 1. The number of hydrogen-bond donors (Lipinski definition) is 1. The van der Waals surface area contributed by atoms with Crippen LogP contribution in [0.1, 0.15) is 23.2 Å². The molecule has 1 N–H and O–H groups in total. The highest BCUT2D eigenvalue weighted by Crippen LogP contribution is 2.22. The van der Waals surface area contributed by atoms with E-state index < -0.39 is 33.4 Å². The number of amides is 1. The molecule has 158 valence electrons. The average molecular weight is 433 g/mol. The lowest BCUT2D eigenvalue weighted by molar-refractivity contribution is -0.384. The van der Waals surface area contributed by atoms with E-state index >= 15 is 0 Å². The molecule has 0 aliphatic carbocycles. The predicted molar refractivity (Wildman–Crippen MR) is 106 cm³/mol. The van der Waals surface area contributed by atoms with Crippen molar-refractivity contribution in [2.75, 3.05) is 25.0 Å². The summed E-state index contributed by atoms with van der Waals surface area (Å²) in [6.07, 6.45) is 1.67. The van der Waals surface area contributed by atoms with Crippen molar-refractivity contribution in [1.82, 2.24) is 4.31 Å². The van der Waals surface area contributed by atoms with E-state index in [-0.39, 0.29) is 16.1 Å². The van der Waals surface area contributed by atoms with Gasteiger partial charge in [0.2, 0.25) is 10.0 Å². The lowest BCUT2D eigenvalue weighted by atomic mass is 10.2. The van der Waals surface area contributed by atoms with Crippen molar-refractivity contribution in [2.24, 2.45) is 0 Å². The number of anilines is 1. The standard InChI is InChI=1S/C19H19N3O7S/c23-18(13-29-19(24)14-4-3-5-16(12-14)22(25)26)20-15-6-8-17(9-7-15)30(27,28)21-10-1-2-11-21/h3-9,12H,1-2,10-11,13H2,(H,20,23). The van der Waals surface area contributed by atoms with E-state index in [1.165, 1.54) is 46.8 Å². The Kier molecular flexibility index (Phi) is 6.43.